The number of nitrogens with zero attached hydrogens (tertiary/aromatic N) is 3. The third-order valence-corrected chi connectivity index (χ3v) is 4.13. The molecule has 2 rings (SSSR count). The number of amides is 1. The van der Waals surface area contributed by atoms with E-state index in [1.165, 1.54) is 22.7 Å². The normalized spacial score (nSPS) is 10.6. The average molecular weight is 289 g/mol. The predicted octanol–water partition coefficient (Wildman–Crippen LogP) is 3.07. The van der Waals surface area contributed by atoms with Gasteiger partial charge in [0.25, 0.3) is 5.91 Å². The van der Waals surface area contributed by atoms with Crippen LogP contribution in [0.3, 0.4) is 0 Å². The van der Waals surface area contributed by atoms with Gasteiger partial charge in [-0.15, -0.1) is 5.10 Å². The molecule has 0 radical (unpaired) electrons. The molecule has 0 spiro atoms. The summed E-state index contributed by atoms with van der Waals surface area (Å²) in [7, 11) is 0. The molecule has 0 saturated heterocycles. The fourth-order valence-electron chi connectivity index (χ4n) is 2.07. The molecule has 0 unspecified atom stereocenters. The van der Waals surface area contributed by atoms with Crippen LogP contribution in [-0.2, 0) is 13.0 Å². The van der Waals surface area contributed by atoms with Crippen molar-refractivity contribution in [3.8, 4) is 0 Å². The molecule has 5 heteroatoms. The first-order chi connectivity index (χ1) is 9.67. The van der Waals surface area contributed by atoms with Crippen LogP contribution in [0.1, 0.15) is 40.3 Å². The molecule has 0 atom stereocenters. The summed E-state index contributed by atoms with van der Waals surface area (Å²) in [6.07, 6.45) is 0.736. The smallest absolute Gasteiger partial charge is 0.267 e. The number of hydrogen-bond donors (Lipinski definition) is 0. The minimum atomic E-state index is 0.0302. The summed E-state index contributed by atoms with van der Waals surface area (Å²) in [6.45, 7) is 7.36. The molecule has 1 aromatic heterocycles. The van der Waals surface area contributed by atoms with Crippen molar-refractivity contribution in [2.75, 3.05) is 6.54 Å². The third-order valence-electron chi connectivity index (χ3n) is 3.38. The zero-order valence-corrected chi connectivity index (χ0v) is 12.9. The van der Waals surface area contributed by atoms with Gasteiger partial charge < -0.3 is 4.90 Å². The maximum Gasteiger partial charge on any atom is 0.267 e. The van der Waals surface area contributed by atoms with Gasteiger partial charge >= 0.3 is 0 Å². The van der Waals surface area contributed by atoms with Gasteiger partial charge in [0.05, 0.1) is 5.69 Å². The van der Waals surface area contributed by atoms with Gasteiger partial charge in [0.2, 0.25) is 0 Å². The molecule has 0 aliphatic carbocycles. The summed E-state index contributed by atoms with van der Waals surface area (Å²) >= 11 is 1.19. The standard InChI is InChI=1S/C15H19N3OS/c1-4-13-14(20-17-16-13)15(19)18(5-2)10-12-9-7-6-8-11(12)3/h6-9H,4-5,10H2,1-3H3. The van der Waals surface area contributed by atoms with Gasteiger partial charge in [0.15, 0.2) is 0 Å². The van der Waals surface area contributed by atoms with Crippen molar-refractivity contribution in [1.29, 1.82) is 0 Å². The highest BCUT2D eigenvalue weighted by molar-refractivity contribution is 7.07. The van der Waals surface area contributed by atoms with Crippen LogP contribution in [0.2, 0.25) is 0 Å². The second-order valence-corrected chi connectivity index (χ2v) is 5.40. The first kappa shape index (κ1) is 14.7. The molecule has 0 N–H and O–H groups in total. The second kappa shape index (κ2) is 6.61. The van der Waals surface area contributed by atoms with E-state index >= 15 is 0 Å². The Labute approximate surface area is 123 Å². The summed E-state index contributed by atoms with van der Waals surface area (Å²) in [6, 6.07) is 8.15. The Kier molecular flexibility index (Phi) is 4.84. The highest BCUT2D eigenvalue weighted by atomic mass is 32.1. The molecule has 20 heavy (non-hydrogen) atoms. The van der Waals surface area contributed by atoms with Gasteiger partial charge in [-0.2, -0.15) is 0 Å². The van der Waals surface area contributed by atoms with Crippen molar-refractivity contribution in [1.82, 2.24) is 14.5 Å². The zero-order chi connectivity index (χ0) is 14.5. The van der Waals surface area contributed by atoms with Gasteiger partial charge in [-0.05, 0) is 42.9 Å². The van der Waals surface area contributed by atoms with E-state index in [0.29, 0.717) is 18.0 Å². The molecule has 0 saturated carbocycles. The maximum atomic E-state index is 12.6. The lowest BCUT2D eigenvalue weighted by Crippen LogP contribution is -2.30. The molecule has 0 aliphatic rings. The van der Waals surface area contributed by atoms with Crippen molar-refractivity contribution in [2.45, 2.75) is 33.7 Å². The molecule has 0 aliphatic heterocycles. The Morgan fingerprint density at radius 2 is 2.05 bits per heavy atom. The van der Waals surface area contributed by atoms with Crippen molar-refractivity contribution < 1.29 is 4.79 Å². The number of aromatic nitrogens is 2. The highest BCUT2D eigenvalue weighted by Gasteiger charge is 2.21. The van der Waals surface area contributed by atoms with E-state index in [4.69, 9.17) is 0 Å². The fourth-order valence-corrected chi connectivity index (χ4v) is 2.79. The largest absolute Gasteiger partial charge is 0.334 e. The quantitative estimate of drug-likeness (QED) is 0.850. The second-order valence-electron chi connectivity index (χ2n) is 4.65. The van der Waals surface area contributed by atoms with Crippen LogP contribution in [0.25, 0.3) is 0 Å². The molecule has 2 aromatic rings. The summed E-state index contributed by atoms with van der Waals surface area (Å²) in [5, 5.41) is 4.02. The number of hydrogen-bond acceptors (Lipinski definition) is 4. The van der Waals surface area contributed by atoms with Gasteiger partial charge in [-0.3, -0.25) is 4.79 Å². The lowest BCUT2D eigenvalue weighted by molar-refractivity contribution is 0.0756. The molecule has 4 nitrogen and oxygen atoms in total. The Balaban J connectivity index is 2.20. The lowest BCUT2D eigenvalue weighted by atomic mass is 10.1. The Morgan fingerprint density at radius 3 is 2.70 bits per heavy atom. The average Bonchev–Trinajstić information content (AvgIpc) is 2.94. The molecule has 1 aromatic carbocycles. The number of carbonyl (C=O) groups excluding carboxylic acids is 1. The van der Waals surface area contributed by atoms with Gasteiger partial charge in [-0.25, -0.2) is 0 Å². The van der Waals surface area contributed by atoms with Crippen LogP contribution < -0.4 is 0 Å². The molecule has 106 valence electrons. The molecule has 1 heterocycles. The first-order valence-corrected chi connectivity index (χ1v) is 7.59. The number of benzene rings is 1. The van der Waals surface area contributed by atoms with E-state index in [0.717, 1.165) is 12.1 Å². The Hall–Kier alpha value is -1.75. The monoisotopic (exact) mass is 289 g/mol. The van der Waals surface area contributed by atoms with Gasteiger partial charge in [0.1, 0.15) is 4.88 Å². The van der Waals surface area contributed by atoms with Gasteiger partial charge in [0, 0.05) is 13.1 Å². The number of carbonyl (C=O) groups is 1. The number of rotatable bonds is 5. The molecular formula is C15H19N3OS. The summed E-state index contributed by atoms with van der Waals surface area (Å²) in [4.78, 5) is 15.1. The Bertz CT molecular complexity index is 594. The van der Waals surface area contributed by atoms with E-state index in [2.05, 4.69) is 28.6 Å². The van der Waals surface area contributed by atoms with Crippen LogP contribution in [-0.4, -0.2) is 26.9 Å². The van der Waals surface area contributed by atoms with E-state index in [-0.39, 0.29) is 5.91 Å². The minimum absolute atomic E-state index is 0.0302. The van der Waals surface area contributed by atoms with E-state index < -0.39 is 0 Å². The third kappa shape index (κ3) is 3.04. The van der Waals surface area contributed by atoms with Crippen molar-refractivity contribution in [3.05, 3.63) is 46.0 Å². The van der Waals surface area contributed by atoms with Crippen LogP contribution in [0.4, 0.5) is 0 Å². The fraction of sp³-hybridized carbons (Fsp3) is 0.400. The van der Waals surface area contributed by atoms with Crippen molar-refractivity contribution >= 4 is 17.4 Å². The van der Waals surface area contributed by atoms with Crippen LogP contribution in [0, 0.1) is 6.92 Å². The molecule has 1 amide bonds. The lowest BCUT2D eigenvalue weighted by Gasteiger charge is -2.21. The minimum Gasteiger partial charge on any atom is -0.334 e. The first-order valence-electron chi connectivity index (χ1n) is 6.82. The van der Waals surface area contributed by atoms with Crippen LogP contribution >= 0.6 is 11.5 Å². The predicted molar refractivity (Wildman–Crippen MR) is 80.9 cm³/mol. The molecule has 0 bridgehead atoms. The van der Waals surface area contributed by atoms with E-state index in [1.54, 1.807) is 0 Å². The van der Waals surface area contributed by atoms with Gasteiger partial charge in [-0.1, -0.05) is 35.7 Å². The molecule has 0 fully saturated rings. The summed E-state index contributed by atoms with van der Waals surface area (Å²) in [5.41, 5.74) is 3.18. The summed E-state index contributed by atoms with van der Waals surface area (Å²) in [5.74, 6) is 0.0302. The van der Waals surface area contributed by atoms with Crippen LogP contribution in [0.15, 0.2) is 24.3 Å². The highest BCUT2D eigenvalue weighted by Crippen LogP contribution is 2.17. The SMILES string of the molecule is CCc1nnsc1C(=O)N(CC)Cc1ccccc1C. The van der Waals surface area contributed by atoms with Crippen LogP contribution in [0.5, 0.6) is 0 Å². The number of aryl methyl sites for hydroxylation is 2. The maximum absolute atomic E-state index is 12.6. The van der Waals surface area contributed by atoms with Crippen molar-refractivity contribution in [3.63, 3.8) is 0 Å². The topological polar surface area (TPSA) is 46.1 Å². The van der Waals surface area contributed by atoms with E-state index in [9.17, 15) is 4.79 Å². The zero-order valence-electron chi connectivity index (χ0n) is 12.1. The Morgan fingerprint density at radius 1 is 1.30 bits per heavy atom. The van der Waals surface area contributed by atoms with Crippen molar-refractivity contribution in [2.24, 2.45) is 0 Å². The molecular weight excluding hydrogens is 270 g/mol. The van der Waals surface area contributed by atoms with E-state index in [1.807, 2.05) is 30.9 Å². The summed E-state index contributed by atoms with van der Waals surface area (Å²) < 4.78 is 3.90.